The van der Waals surface area contributed by atoms with E-state index < -0.39 is 11.1 Å². The fourth-order valence-corrected chi connectivity index (χ4v) is 4.65. The van der Waals surface area contributed by atoms with Crippen molar-refractivity contribution in [3.63, 3.8) is 0 Å². The molecule has 0 spiro atoms. The van der Waals surface area contributed by atoms with Crippen LogP contribution in [0, 0.1) is 24.0 Å². The van der Waals surface area contributed by atoms with Crippen LogP contribution in [0.15, 0.2) is 65.3 Å². The Morgan fingerprint density at radius 1 is 1.14 bits per heavy atom. The summed E-state index contributed by atoms with van der Waals surface area (Å²) in [4.78, 5) is 26.3. The van der Waals surface area contributed by atoms with Crippen molar-refractivity contribution in [2.45, 2.75) is 33.1 Å². The van der Waals surface area contributed by atoms with E-state index in [0.29, 0.717) is 28.5 Å². The zero-order valence-electron chi connectivity index (χ0n) is 20.1. The monoisotopic (exact) mass is 487 g/mol. The number of hydrogen-bond acceptors (Lipinski definition) is 7. The number of ether oxygens (including phenoxy) is 1. The van der Waals surface area contributed by atoms with E-state index in [9.17, 15) is 14.9 Å². The molecule has 1 atom stereocenters. The molecule has 1 N–H and O–H groups in total. The lowest BCUT2D eigenvalue weighted by molar-refractivity contribution is -0.386. The topological polar surface area (TPSA) is 116 Å². The number of hydrogen-bond donors (Lipinski definition) is 1. The first-order chi connectivity index (χ1) is 17.4. The van der Waals surface area contributed by atoms with Crippen LogP contribution in [-0.4, -0.2) is 32.6 Å². The van der Waals surface area contributed by atoms with Gasteiger partial charge in [-0.25, -0.2) is 0 Å². The molecule has 0 radical (unpaired) electrons. The van der Waals surface area contributed by atoms with Crippen molar-refractivity contribution in [1.82, 2.24) is 14.7 Å². The van der Waals surface area contributed by atoms with E-state index >= 15 is 0 Å². The first kappa shape index (κ1) is 23.2. The number of methoxy groups -OCH3 is 1. The molecule has 0 fully saturated rings. The van der Waals surface area contributed by atoms with Gasteiger partial charge < -0.3 is 19.4 Å². The highest BCUT2D eigenvalue weighted by atomic mass is 16.6. The SMILES string of the molecule is COc1ccc([C@@H]2Nc3ccccc3C(=O)N2Cc2ccco2)cc1Cn1nc(C)c([N+](=O)[O-])c1C. The zero-order chi connectivity index (χ0) is 25.4. The summed E-state index contributed by atoms with van der Waals surface area (Å²) < 4.78 is 12.7. The van der Waals surface area contributed by atoms with E-state index in [2.05, 4.69) is 10.4 Å². The lowest BCUT2D eigenvalue weighted by atomic mass is 10.0. The number of nitro groups is 1. The maximum absolute atomic E-state index is 13.5. The van der Waals surface area contributed by atoms with Crippen LogP contribution in [0.25, 0.3) is 0 Å². The van der Waals surface area contributed by atoms with Crippen molar-refractivity contribution in [3.8, 4) is 5.75 Å². The first-order valence-electron chi connectivity index (χ1n) is 11.4. The molecule has 3 heterocycles. The first-order valence-corrected chi connectivity index (χ1v) is 11.4. The van der Waals surface area contributed by atoms with Crippen LogP contribution < -0.4 is 10.1 Å². The Morgan fingerprint density at radius 3 is 2.64 bits per heavy atom. The van der Waals surface area contributed by atoms with Crippen LogP contribution in [0.5, 0.6) is 5.75 Å². The fourth-order valence-electron chi connectivity index (χ4n) is 4.65. The van der Waals surface area contributed by atoms with E-state index in [1.54, 1.807) is 48.9 Å². The smallest absolute Gasteiger partial charge is 0.312 e. The van der Waals surface area contributed by atoms with Gasteiger partial charge in [0.05, 0.1) is 36.9 Å². The van der Waals surface area contributed by atoms with Gasteiger partial charge in [-0.1, -0.05) is 18.2 Å². The third-order valence-electron chi connectivity index (χ3n) is 6.39. The molecule has 36 heavy (non-hydrogen) atoms. The number of anilines is 1. The van der Waals surface area contributed by atoms with Gasteiger partial charge in [0.1, 0.15) is 29.1 Å². The third kappa shape index (κ3) is 4.06. The summed E-state index contributed by atoms with van der Waals surface area (Å²) >= 11 is 0. The largest absolute Gasteiger partial charge is 0.496 e. The van der Waals surface area contributed by atoms with E-state index in [-0.39, 0.29) is 24.7 Å². The van der Waals surface area contributed by atoms with Crippen molar-refractivity contribution in [2.24, 2.45) is 0 Å². The number of para-hydroxylation sites is 1. The van der Waals surface area contributed by atoms with Gasteiger partial charge in [-0.05, 0) is 55.8 Å². The van der Waals surface area contributed by atoms with Crippen molar-refractivity contribution >= 4 is 17.3 Å². The van der Waals surface area contributed by atoms with Gasteiger partial charge in [0.15, 0.2) is 0 Å². The number of aromatic nitrogens is 2. The molecule has 0 saturated carbocycles. The van der Waals surface area contributed by atoms with Gasteiger partial charge in [-0.15, -0.1) is 0 Å². The van der Waals surface area contributed by atoms with Crippen molar-refractivity contribution in [2.75, 3.05) is 12.4 Å². The predicted octanol–water partition coefficient (Wildman–Crippen LogP) is 4.82. The zero-order valence-corrected chi connectivity index (χ0v) is 20.1. The highest BCUT2D eigenvalue weighted by molar-refractivity contribution is 6.01. The minimum absolute atomic E-state index is 0.00546. The van der Waals surface area contributed by atoms with Gasteiger partial charge >= 0.3 is 5.69 Å². The lowest BCUT2D eigenvalue weighted by Crippen LogP contribution is -2.42. The summed E-state index contributed by atoms with van der Waals surface area (Å²) in [5.74, 6) is 1.17. The van der Waals surface area contributed by atoms with Crippen molar-refractivity contribution < 1.29 is 18.9 Å². The number of carbonyl (C=O) groups is 1. The molecule has 4 aromatic rings. The molecule has 1 aliphatic rings. The molecule has 2 aromatic carbocycles. The Bertz CT molecular complexity index is 1440. The van der Waals surface area contributed by atoms with Crippen molar-refractivity contribution in [1.29, 1.82) is 0 Å². The van der Waals surface area contributed by atoms with E-state index in [1.807, 2.05) is 42.5 Å². The summed E-state index contributed by atoms with van der Waals surface area (Å²) in [5, 5.41) is 19.3. The summed E-state index contributed by atoms with van der Waals surface area (Å²) in [6.45, 7) is 3.85. The minimum Gasteiger partial charge on any atom is -0.496 e. The Labute approximate surface area is 207 Å². The van der Waals surface area contributed by atoms with Crippen LogP contribution in [0.4, 0.5) is 11.4 Å². The molecule has 0 saturated heterocycles. The van der Waals surface area contributed by atoms with Crippen LogP contribution in [0.2, 0.25) is 0 Å². The van der Waals surface area contributed by atoms with Gasteiger partial charge in [-0.2, -0.15) is 5.10 Å². The molecule has 10 nitrogen and oxygen atoms in total. The van der Waals surface area contributed by atoms with Crippen LogP contribution in [-0.2, 0) is 13.1 Å². The molecule has 1 aliphatic heterocycles. The van der Waals surface area contributed by atoms with Gasteiger partial charge in [0.2, 0.25) is 0 Å². The molecule has 0 aliphatic carbocycles. The molecule has 1 amide bonds. The van der Waals surface area contributed by atoms with Crippen molar-refractivity contribution in [3.05, 3.63) is 105 Å². The average Bonchev–Trinajstić information content (AvgIpc) is 3.48. The second-order valence-corrected chi connectivity index (χ2v) is 8.61. The summed E-state index contributed by atoms with van der Waals surface area (Å²) in [6.07, 6.45) is 1.11. The molecule has 5 rings (SSSR count). The highest BCUT2D eigenvalue weighted by Crippen LogP contribution is 2.36. The minimum atomic E-state index is -0.475. The molecular weight excluding hydrogens is 462 g/mol. The predicted molar refractivity (Wildman–Crippen MR) is 132 cm³/mol. The number of furan rings is 1. The second-order valence-electron chi connectivity index (χ2n) is 8.61. The average molecular weight is 488 g/mol. The Morgan fingerprint density at radius 2 is 1.94 bits per heavy atom. The van der Waals surface area contributed by atoms with E-state index in [0.717, 1.165) is 16.8 Å². The van der Waals surface area contributed by atoms with E-state index in [1.165, 1.54) is 0 Å². The summed E-state index contributed by atoms with van der Waals surface area (Å²) in [7, 11) is 1.57. The molecule has 0 bridgehead atoms. The van der Waals surface area contributed by atoms with Gasteiger partial charge in [0, 0.05) is 11.3 Å². The van der Waals surface area contributed by atoms with Crippen LogP contribution >= 0.6 is 0 Å². The van der Waals surface area contributed by atoms with E-state index in [4.69, 9.17) is 9.15 Å². The quantitative estimate of drug-likeness (QED) is 0.293. The Kier molecular flexibility index (Phi) is 5.93. The number of rotatable bonds is 7. The number of fused-ring (bicyclic) bond motifs is 1. The lowest BCUT2D eigenvalue weighted by Gasteiger charge is -2.38. The number of nitrogens with one attached hydrogen (secondary N) is 1. The molecule has 10 heteroatoms. The number of nitrogens with zero attached hydrogens (tertiary/aromatic N) is 4. The van der Waals surface area contributed by atoms with Gasteiger partial charge in [-0.3, -0.25) is 19.6 Å². The molecule has 184 valence electrons. The second kappa shape index (κ2) is 9.21. The third-order valence-corrected chi connectivity index (χ3v) is 6.39. The molecule has 0 unspecified atom stereocenters. The Balaban J connectivity index is 1.55. The number of amides is 1. The number of benzene rings is 2. The maximum Gasteiger partial charge on any atom is 0.312 e. The summed E-state index contributed by atoms with van der Waals surface area (Å²) in [6, 6.07) is 16.7. The summed E-state index contributed by atoms with van der Waals surface area (Å²) in [5.41, 5.74) is 3.76. The molecule has 2 aromatic heterocycles. The Hall–Kier alpha value is -4.60. The number of aryl methyl sites for hydroxylation is 1. The maximum atomic E-state index is 13.5. The highest BCUT2D eigenvalue weighted by Gasteiger charge is 2.34. The van der Waals surface area contributed by atoms with Crippen LogP contribution in [0.3, 0.4) is 0 Å². The molecular formula is C26H25N5O5. The number of carbonyl (C=O) groups excluding carboxylic acids is 1. The van der Waals surface area contributed by atoms with Crippen LogP contribution in [0.1, 0.15) is 44.8 Å². The standard InChI is InChI=1S/C26H25N5O5/c1-16-24(31(33)34)17(2)30(28-16)14-19-13-18(10-11-23(19)35-3)25-27-22-9-5-4-8-21(22)26(32)29(25)15-20-7-6-12-36-20/h4-13,25,27H,14-15H2,1-3H3/t25-/m1/s1. The normalized spacial score (nSPS) is 14.9. The van der Waals surface area contributed by atoms with Gasteiger partial charge in [0.25, 0.3) is 5.91 Å². The fraction of sp³-hybridized carbons (Fsp3) is 0.231.